The summed E-state index contributed by atoms with van der Waals surface area (Å²) in [5.74, 6) is -0.633. The van der Waals surface area contributed by atoms with E-state index in [0.29, 0.717) is 17.2 Å². The first kappa shape index (κ1) is 22.6. The number of carbonyl (C=O) groups excluding carboxylic acids is 1. The van der Waals surface area contributed by atoms with Crippen molar-refractivity contribution < 1.29 is 13.9 Å². The first-order valence-corrected chi connectivity index (χ1v) is 10.7. The molecule has 0 bridgehead atoms. The highest BCUT2D eigenvalue weighted by Crippen LogP contribution is 2.30. The molecule has 0 atom stereocenters. The van der Waals surface area contributed by atoms with E-state index >= 15 is 0 Å². The second kappa shape index (κ2) is 10.3. The molecule has 0 saturated carbocycles. The van der Waals surface area contributed by atoms with E-state index in [2.05, 4.69) is 16.0 Å². The Hall–Kier alpha value is -2.06. The minimum Gasteiger partial charge on any atom is -0.379 e. The van der Waals surface area contributed by atoms with Gasteiger partial charge in [-0.25, -0.2) is 9.37 Å². The van der Waals surface area contributed by atoms with Crippen molar-refractivity contribution in [3.8, 4) is 0 Å². The molecule has 1 fully saturated rings. The Morgan fingerprint density at radius 1 is 1.23 bits per heavy atom. The predicted octanol–water partition coefficient (Wildman–Crippen LogP) is 4.53. The normalized spacial score (nSPS) is 14.5. The standard InChI is InChI=1S/C22H24FN3O2S.ClH/c1-16-6-7-19-20(14-16)29-22(24-19)26(9-3-8-25-10-12-28-13-11-25)21(27)17-4-2-5-18(23)15-17;/h2,4-7,14-15H,3,8-13H2,1H3;1H. The predicted molar refractivity (Wildman–Crippen MR) is 122 cm³/mol. The SMILES string of the molecule is Cc1ccc2nc(N(CCCN3CCOCC3)C(=O)c3cccc(F)c3)sc2c1.Cl. The number of amides is 1. The summed E-state index contributed by atoms with van der Waals surface area (Å²) in [7, 11) is 0. The van der Waals surface area contributed by atoms with Crippen LogP contribution in [-0.4, -0.2) is 55.2 Å². The monoisotopic (exact) mass is 449 g/mol. The fourth-order valence-corrected chi connectivity index (χ4v) is 4.56. The number of carbonyl (C=O) groups is 1. The zero-order valence-electron chi connectivity index (χ0n) is 16.8. The topological polar surface area (TPSA) is 45.7 Å². The molecule has 1 aliphatic rings. The maximum Gasteiger partial charge on any atom is 0.260 e. The minimum absolute atomic E-state index is 0. The summed E-state index contributed by atoms with van der Waals surface area (Å²) >= 11 is 1.50. The fourth-order valence-electron chi connectivity index (χ4n) is 3.47. The molecule has 30 heavy (non-hydrogen) atoms. The van der Waals surface area contributed by atoms with Crippen LogP contribution < -0.4 is 4.90 Å². The molecule has 2 heterocycles. The third-order valence-electron chi connectivity index (χ3n) is 5.04. The summed E-state index contributed by atoms with van der Waals surface area (Å²) in [5.41, 5.74) is 2.37. The van der Waals surface area contributed by atoms with Gasteiger partial charge in [0.2, 0.25) is 0 Å². The number of fused-ring (bicyclic) bond motifs is 1. The number of morpholine rings is 1. The summed E-state index contributed by atoms with van der Waals surface area (Å²) in [6, 6.07) is 11.9. The van der Waals surface area contributed by atoms with Gasteiger partial charge in [-0.3, -0.25) is 14.6 Å². The van der Waals surface area contributed by atoms with Gasteiger partial charge in [-0.05, 0) is 49.2 Å². The largest absolute Gasteiger partial charge is 0.379 e. The number of aromatic nitrogens is 1. The number of aryl methyl sites for hydroxylation is 1. The van der Waals surface area contributed by atoms with Gasteiger partial charge in [0.25, 0.3) is 5.91 Å². The van der Waals surface area contributed by atoms with Crippen molar-refractivity contribution >= 4 is 45.0 Å². The summed E-state index contributed by atoms with van der Waals surface area (Å²) in [4.78, 5) is 21.9. The highest BCUT2D eigenvalue weighted by atomic mass is 35.5. The summed E-state index contributed by atoms with van der Waals surface area (Å²) in [5, 5.41) is 0.654. The summed E-state index contributed by atoms with van der Waals surface area (Å²) in [6.07, 6.45) is 0.815. The average molecular weight is 450 g/mol. The van der Waals surface area contributed by atoms with Crippen molar-refractivity contribution in [3.63, 3.8) is 0 Å². The quantitative estimate of drug-likeness (QED) is 0.554. The van der Waals surface area contributed by atoms with Gasteiger partial charge in [-0.15, -0.1) is 12.4 Å². The van der Waals surface area contributed by atoms with Gasteiger partial charge >= 0.3 is 0 Å². The number of ether oxygens (including phenoxy) is 1. The number of halogens is 2. The molecule has 1 amide bonds. The number of anilines is 1. The van der Waals surface area contributed by atoms with E-state index in [-0.39, 0.29) is 18.3 Å². The second-order valence-electron chi connectivity index (χ2n) is 7.24. The van der Waals surface area contributed by atoms with E-state index in [0.717, 1.165) is 55.0 Å². The molecule has 1 aliphatic heterocycles. The van der Waals surface area contributed by atoms with Crippen molar-refractivity contribution in [2.45, 2.75) is 13.3 Å². The Bertz CT molecular complexity index is 1010. The molecule has 0 radical (unpaired) electrons. The highest BCUT2D eigenvalue weighted by molar-refractivity contribution is 7.22. The smallest absolute Gasteiger partial charge is 0.260 e. The van der Waals surface area contributed by atoms with Crippen molar-refractivity contribution in [3.05, 3.63) is 59.4 Å². The molecule has 4 rings (SSSR count). The van der Waals surface area contributed by atoms with E-state index in [1.165, 1.54) is 23.5 Å². The van der Waals surface area contributed by atoms with Crippen LogP contribution in [0.1, 0.15) is 22.3 Å². The lowest BCUT2D eigenvalue weighted by Crippen LogP contribution is -2.39. The van der Waals surface area contributed by atoms with Crippen molar-refractivity contribution in [2.75, 3.05) is 44.3 Å². The molecule has 0 spiro atoms. The zero-order valence-corrected chi connectivity index (χ0v) is 18.5. The van der Waals surface area contributed by atoms with Gasteiger partial charge in [0, 0.05) is 31.7 Å². The lowest BCUT2D eigenvalue weighted by Gasteiger charge is -2.27. The van der Waals surface area contributed by atoms with Crippen LogP contribution >= 0.6 is 23.7 Å². The van der Waals surface area contributed by atoms with E-state index in [9.17, 15) is 9.18 Å². The van der Waals surface area contributed by atoms with Gasteiger partial charge < -0.3 is 4.74 Å². The first-order valence-electron chi connectivity index (χ1n) is 9.85. The molecule has 1 aromatic heterocycles. The zero-order chi connectivity index (χ0) is 20.2. The Kier molecular flexibility index (Phi) is 7.77. The Morgan fingerprint density at radius 3 is 2.80 bits per heavy atom. The third kappa shape index (κ3) is 5.35. The molecule has 1 saturated heterocycles. The van der Waals surface area contributed by atoms with Crippen LogP contribution in [0.3, 0.4) is 0 Å². The van der Waals surface area contributed by atoms with Gasteiger partial charge in [0.1, 0.15) is 5.82 Å². The lowest BCUT2D eigenvalue weighted by molar-refractivity contribution is 0.0376. The maximum atomic E-state index is 13.7. The molecule has 3 aromatic rings. The van der Waals surface area contributed by atoms with E-state index in [1.54, 1.807) is 17.0 Å². The van der Waals surface area contributed by atoms with E-state index in [1.807, 2.05) is 19.1 Å². The molecule has 0 unspecified atom stereocenters. The average Bonchev–Trinajstić information content (AvgIpc) is 3.14. The van der Waals surface area contributed by atoms with Crippen LogP contribution in [0.15, 0.2) is 42.5 Å². The van der Waals surface area contributed by atoms with Gasteiger partial charge in [0.05, 0.1) is 23.4 Å². The number of thiazole rings is 1. The van der Waals surface area contributed by atoms with E-state index < -0.39 is 5.82 Å². The number of nitrogens with zero attached hydrogens (tertiary/aromatic N) is 3. The molecule has 5 nitrogen and oxygen atoms in total. The number of benzene rings is 2. The van der Waals surface area contributed by atoms with Crippen molar-refractivity contribution in [1.29, 1.82) is 0 Å². The minimum atomic E-state index is -0.413. The number of hydrogen-bond donors (Lipinski definition) is 0. The van der Waals surface area contributed by atoms with Crippen molar-refractivity contribution in [1.82, 2.24) is 9.88 Å². The molecular formula is C22H25ClFN3O2S. The fraction of sp³-hybridized carbons (Fsp3) is 0.364. The molecule has 0 N–H and O–H groups in total. The Labute approximate surface area is 185 Å². The summed E-state index contributed by atoms with van der Waals surface area (Å²) in [6.45, 7) is 6.80. The van der Waals surface area contributed by atoms with E-state index in [4.69, 9.17) is 4.74 Å². The third-order valence-corrected chi connectivity index (χ3v) is 6.08. The number of hydrogen-bond acceptors (Lipinski definition) is 5. The molecule has 2 aromatic carbocycles. The summed E-state index contributed by atoms with van der Waals surface area (Å²) < 4.78 is 20.1. The van der Waals surface area contributed by atoms with Crippen LogP contribution in [0.2, 0.25) is 0 Å². The van der Waals surface area contributed by atoms with Crippen LogP contribution in [0.25, 0.3) is 10.2 Å². The first-order chi connectivity index (χ1) is 14.1. The Morgan fingerprint density at radius 2 is 2.03 bits per heavy atom. The van der Waals surface area contributed by atoms with Crippen LogP contribution in [0, 0.1) is 12.7 Å². The highest BCUT2D eigenvalue weighted by Gasteiger charge is 2.22. The molecule has 0 aliphatic carbocycles. The van der Waals surface area contributed by atoms with Gasteiger partial charge in [-0.1, -0.05) is 23.5 Å². The maximum absolute atomic E-state index is 13.7. The molecular weight excluding hydrogens is 425 g/mol. The second-order valence-corrected chi connectivity index (χ2v) is 8.25. The van der Waals surface area contributed by atoms with Crippen LogP contribution in [0.4, 0.5) is 9.52 Å². The van der Waals surface area contributed by atoms with Gasteiger partial charge in [-0.2, -0.15) is 0 Å². The molecule has 160 valence electrons. The lowest BCUT2D eigenvalue weighted by atomic mass is 10.2. The van der Waals surface area contributed by atoms with Gasteiger partial charge in [0.15, 0.2) is 5.13 Å². The van der Waals surface area contributed by atoms with Crippen LogP contribution in [0.5, 0.6) is 0 Å². The Balaban J connectivity index is 0.00000256. The van der Waals surface area contributed by atoms with Crippen LogP contribution in [-0.2, 0) is 4.74 Å². The molecule has 8 heteroatoms. The van der Waals surface area contributed by atoms with Crippen molar-refractivity contribution in [2.24, 2.45) is 0 Å². The number of rotatable bonds is 6.